The van der Waals surface area contributed by atoms with Crippen LogP contribution in [0.15, 0.2) is 130 Å². The third-order valence-corrected chi connectivity index (χ3v) is 10.1. The SMILES string of the molecule is CCOC(=O)C1=C(C)N=c2s/c(=C\c3cc(-c4ccccc4)n(-c4ccc([N+](=O)[O-])cc4)c3-c3ccccc3)c(=O)n2[C@H]1c1ccc(OCC)c(OCC)c1. The number of carbonyl (C=O) groups excluding carboxylic acids is 1. The Morgan fingerprint density at radius 1 is 0.855 bits per heavy atom. The van der Waals surface area contributed by atoms with Gasteiger partial charge in [0.05, 0.1) is 58.0 Å². The number of allylic oxidation sites excluding steroid dienone is 1. The summed E-state index contributed by atoms with van der Waals surface area (Å²) in [6, 6.07) is 32.6. The number of rotatable bonds is 12. The van der Waals surface area contributed by atoms with Crippen LogP contribution in [0.5, 0.6) is 11.5 Å². The molecule has 0 bridgehead atoms. The van der Waals surface area contributed by atoms with Gasteiger partial charge in [-0.25, -0.2) is 9.79 Å². The molecule has 2 aromatic heterocycles. The molecule has 0 saturated carbocycles. The van der Waals surface area contributed by atoms with E-state index in [1.54, 1.807) is 42.7 Å². The highest BCUT2D eigenvalue weighted by Gasteiger charge is 2.34. The van der Waals surface area contributed by atoms with Crippen molar-refractivity contribution < 1.29 is 23.9 Å². The van der Waals surface area contributed by atoms with E-state index in [0.717, 1.165) is 28.1 Å². The van der Waals surface area contributed by atoms with E-state index in [0.29, 0.717) is 51.0 Å². The Kier molecular flexibility index (Phi) is 10.6. The minimum Gasteiger partial charge on any atom is -0.490 e. The Labute approximate surface area is 320 Å². The molecule has 0 aliphatic carbocycles. The van der Waals surface area contributed by atoms with Crippen molar-refractivity contribution in [1.29, 1.82) is 0 Å². The van der Waals surface area contributed by atoms with Crippen molar-refractivity contribution in [3.8, 4) is 39.7 Å². The number of aromatic nitrogens is 2. The largest absolute Gasteiger partial charge is 0.490 e. The summed E-state index contributed by atoms with van der Waals surface area (Å²) in [7, 11) is 0. The average molecular weight is 755 g/mol. The maximum atomic E-state index is 14.8. The molecule has 3 heterocycles. The van der Waals surface area contributed by atoms with Gasteiger partial charge < -0.3 is 18.8 Å². The summed E-state index contributed by atoms with van der Waals surface area (Å²) in [5.41, 5.74) is 5.83. The number of hydrogen-bond donors (Lipinski definition) is 0. The quantitative estimate of drug-likeness (QED) is 0.0715. The molecule has 0 unspecified atom stereocenters. The molecule has 6 aromatic rings. The first-order valence-corrected chi connectivity index (χ1v) is 18.8. The predicted molar refractivity (Wildman–Crippen MR) is 212 cm³/mol. The first-order chi connectivity index (χ1) is 26.7. The van der Waals surface area contributed by atoms with Crippen LogP contribution in [0.1, 0.15) is 44.9 Å². The number of esters is 1. The standard InChI is InChI=1S/C43H38N4O7S/c1-5-52-35-23-18-30(25-36(35)53-6-2)40-38(42(49)54-7-3)27(4)44-43-46(40)41(48)37(55-43)26-31-24-34(28-14-10-8-11-15-28)45(39(31)29-16-12-9-13-17-29)32-19-21-33(22-20-32)47(50)51/h8-26,40H,5-7H2,1-4H3/b37-26-/t40-/m0/s1. The Balaban J connectivity index is 1.49. The highest BCUT2D eigenvalue weighted by Crippen LogP contribution is 2.38. The van der Waals surface area contributed by atoms with Crippen LogP contribution >= 0.6 is 11.3 Å². The zero-order valence-electron chi connectivity index (χ0n) is 30.7. The van der Waals surface area contributed by atoms with E-state index in [4.69, 9.17) is 19.2 Å². The second kappa shape index (κ2) is 15.8. The first-order valence-electron chi connectivity index (χ1n) is 17.9. The lowest BCUT2D eigenvalue weighted by Crippen LogP contribution is -2.40. The molecule has 7 rings (SSSR count). The number of fused-ring (bicyclic) bond motifs is 1. The smallest absolute Gasteiger partial charge is 0.338 e. The van der Waals surface area contributed by atoms with Gasteiger partial charge in [0.2, 0.25) is 0 Å². The van der Waals surface area contributed by atoms with Crippen molar-refractivity contribution in [2.75, 3.05) is 19.8 Å². The lowest BCUT2D eigenvalue weighted by molar-refractivity contribution is -0.384. The number of thiazole rings is 1. The van der Waals surface area contributed by atoms with Crippen molar-refractivity contribution >= 4 is 29.1 Å². The van der Waals surface area contributed by atoms with E-state index in [1.807, 2.05) is 92.7 Å². The van der Waals surface area contributed by atoms with Gasteiger partial charge in [0.1, 0.15) is 0 Å². The van der Waals surface area contributed by atoms with Gasteiger partial charge in [-0.1, -0.05) is 78.1 Å². The maximum Gasteiger partial charge on any atom is 0.338 e. The molecule has 0 amide bonds. The van der Waals surface area contributed by atoms with Gasteiger partial charge in [-0.2, -0.15) is 0 Å². The van der Waals surface area contributed by atoms with Crippen LogP contribution in [0.4, 0.5) is 5.69 Å². The van der Waals surface area contributed by atoms with E-state index in [9.17, 15) is 19.7 Å². The molecular formula is C43H38N4O7S. The molecule has 278 valence electrons. The molecule has 12 heteroatoms. The molecular weight excluding hydrogens is 717 g/mol. The second-order valence-corrected chi connectivity index (χ2v) is 13.6. The van der Waals surface area contributed by atoms with Crippen LogP contribution in [0.3, 0.4) is 0 Å². The molecule has 1 atom stereocenters. The van der Waals surface area contributed by atoms with Crippen molar-refractivity contribution in [2.45, 2.75) is 33.7 Å². The van der Waals surface area contributed by atoms with Gasteiger partial charge in [-0.15, -0.1) is 0 Å². The highest BCUT2D eigenvalue weighted by atomic mass is 32.1. The fourth-order valence-corrected chi connectivity index (χ4v) is 7.87. The zero-order valence-corrected chi connectivity index (χ0v) is 31.5. The number of non-ortho nitro benzene ring substituents is 1. The van der Waals surface area contributed by atoms with Gasteiger partial charge in [0.15, 0.2) is 16.3 Å². The fourth-order valence-electron chi connectivity index (χ4n) is 6.83. The number of benzene rings is 4. The Morgan fingerprint density at radius 2 is 1.51 bits per heavy atom. The summed E-state index contributed by atoms with van der Waals surface area (Å²) in [5.74, 6) is 0.489. The fraction of sp³-hybridized carbons (Fsp3) is 0.186. The number of nitro groups is 1. The molecule has 11 nitrogen and oxygen atoms in total. The molecule has 4 aromatic carbocycles. The monoisotopic (exact) mass is 754 g/mol. The van der Waals surface area contributed by atoms with Crippen LogP contribution in [0.2, 0.25) is 0 Å². The molecule has 0 N–H and O–H groups in total. The highest BCUT2D eigenvalue weighted by molar-refractivity contribution is 7.07. The first kappa shape index (κ1) is 36.8. The van der Waals surface area contributed by atoms with Crippen molar-refractivity contribution in [3.05, 3.63) is 161 Å². The average Bonchev–Trinajstić information content (AvgIpc) is 3.72. The molecule has 0 fully saturated rings. The number of ether oxygens (including phenoxy) is 3. The maximum absolute atomic E-state index is 14.8. The lowest BCUT2D eigenvalue weighted by Gasteiger charge is -2.25. The molecule has 0 spiro atoms. The third kappa shape index (κ3) is 7.11. The number of hydrogen-bond acceptors (Lipinski definition) is 9. The molecule has 55 heavy (non-hydrogen) atoms. The van der Waals surface area contributed by atoms with Gasteiger partial charge >= 0.3 is 5.97 Å². The van der Waals surface area contributed by atoms with Gasteiger partial charge in [0.25, 0.3) is 11.2 Å². The van der Waals surface area contributed by atoms with E-state index in [-0.39, 0.29) is 23.4 Å². The lowest BCUT2D eigenvalue weighted by atomic mass is 9.95. The van der Waals surface area contributed by atoms with Crippen LogP contribution < -0.4 is 24.4 Å². The summed E-state index contributed by atoms with van der Waals surface area (Å²) < 4.78 is 21.3. The Bertz CT molecular complexity index is 2610. The summed E-state index contributed by atoms with van der Waals surface area (Å²) in [6.45, 7) is 8.22. The van der Waals surface area contributed by atoms with Gasteiger partial charge in [-0.3, -0.25) is 19.5 Å². The Hall–Kier alpha value is -6.53. The minimum absolute atomic E-state index is 0.0206. The zero-order chi connectivity index (χ0) is 38.6. The third-order valence-electron chi connectivity index (χ3n) is 9.15. The van der Waals surface area contributed by atoms with Crippen LogP contribution in [0, 0.1) is 10.1 Å². The molecule has 0 saturated heterocycles. The normalized spacial score (nSPS) is 14.0. The summed E-state index contributed by atoms with van der Waals surface area (Å²) >= 11 is 1.23. The Morgan fingerprint density at radius 3 is 2.15 bits per heavy atom. The van der Waals surface area contributed by atoms with Crippen LogP contribution in [-0.2, 0) is 9.53 Å². The van der Waals surface area contributed by atoms with Crippen LogP contribution in [-0.4, -0.2) is 39.8 Å². The van der Waals surface area contributed by atoms with Crippen molar-refractivity contribution in [1.82, 2.24) is 9.13 Å². The topological polar surface area (TPSA) is 127 Å². The predicted octanol–water partition coefficient (Wildman–Crippen LogP) is 7.63. The molecule has 1 aliphatic rings. The summed E-state index contributed by atoms with van der Waals surface area (Å²) in [4.78, 5) is 44.7. The number of nitrogens with zero attached hydrogens (tertiary/aromatic N) is 4. The van der Waals surface area contributed by atoms with E-state index in [1.165, 1.54) is 23.5 Å². The van der Waals surface area contributed by atoms with E-state index >= 15 is 0 Å². The van der Waals surface area contributed by atoms with Crippen molar-refractivity contribution in [3.63, 3.8) is 0 Å². The van der Waals surface area contributed by atoms with Crippen molar-refractivity contribution in [2.24, 2.45) is 4.99 Å². The molecule has 0 radical (unpaired) electrons. The minimum atomic E-state index is -0.856. The van der Waals surface area contributed by atoms with E-state index in [2.05, 4.69) is 4.57 Å². The molecule has 1 aliphatic heterocycles. The van der Waals surface area contributed by atoms with E-state index < -0.39 is 16.9 Å². The summed E-state index contributed by atoms with van der Waals surface area (Å²) in [5, 5.41) is 11.6. The van der Waals surface area contributed by atoms with Crippen LogP contribution in [0.25, 0.3) is 34.3 Å². The van der Waals surface area contributed by atoms with Gasteiger partial charge in [0, 0.05) is 23.4 Å². The number of carbonyl (C=O) groups is 1. The van der Waals surface area contributed by atoms with Gasteiger partial charge in [-0.05, 0) is 80.8 Å². The number of nitro benzene ring substituents is 1. The second-order valence-electron chi connectivity index (χ2n) is 12.5. The summed E-state index contributed by atoms with van der Waals surface area (Å²) in [6.07, 6.45) is 1.85.